The minimum absolute atomic E-state index is 0.639. The smallest absolute Gasteiger partial charge is 0.181 e. The molecule has 0 spiro atoms. The van der Waals surface area contributed by atoms with Crippen LogP contribution < -0.4 is 11.0 Å². The summed E-state index contributed by atoms with van der Waals surface area (Å²) in [7, 11) is 2.69. The van der Waals surface area contributed by atoms with Crippen LogP contribution in [0, 0.1) is 6.92 Å². The highest BCUT2D eigenvalue weighted by atomic mass is 32.1. The van der Waals surface area contributed by atoms with Gasteiger partial charge in [0.05, 0.1) is 10.2 Å². The number of thiazole rings is 1. The SMILES string of the molecule is Cc1cc2sc(N)nc2cc1P. The summed E-state index contributed by atoms with van der Waals surface area (Å²) in [6.07, 6.45) is 0. The van der Waals surface area contributed by atoms with Gasteiger partial charge in [0, 0.05) is 0 Å². The van der Waals surface area contributed by atoms with Crippen LogP contribution in [0.4, 0.5) is 5.13 Å². The zero-order chi connectivity index (χ0) is 8.72. The summed E-state index contributed by atoms with van der Waals surface area (Å²) in [5.41, 5.74) is 7.85. The second kappa shape index (κ2) is 2.68. The molecule has 0 bridgehead atoms. The number of nitrogens with zero attached hydrogens (tertiary/aromatic N) is 1. The largest absolute Gasteiger partial charge is 0.375 e. The van der Waals surface area contributed by atoms with E-state index in [0.717, 1.165) is 10.2 Å². The number of hydrogen-bond acceptors (Lipinski definition) is 3. The Balaban J connectivity index is 2.83. The molecule has 2 N–H and O–H groups in total. The van der Waals surface area contributed by atoms with Crippen LogP contribution in [-0.4, -0.2) is 4.98 Å². The fourth-order valence-corrected chi connectivity index (χ4v) is 2.16. The average Bonchev–Trinajstić information content (AvgIpc) is 2.30. The van der Waals surface area contributed by atoms with Crippen LogP contribution in [-0.2, 0) is 0 Å². The summed E-state index contributed by atoms with van der Waals surface area (Å²) in [6, 6.07) is 4.16. The number of hydrogen-bond donors (Lipinski definition) is 1. The topological polar surface area (TPSA) is 38.9 Å². The van der Waals surface area contributed by atoms with Crippen molar-refractivity contribution in [1.82, 2.24) is 4.98 Å². The van der Waals surface area contributed by atoms with Crippen LogP contribution in [0.25, 0.3) is 10.2 Å². The Bertz CT molecular complexity index is 397. The monoisotopic (exact) mass is 196 g/mol. The lowest BCUT2D eigenvalue weighted by Gasteiger charge is -1.96. The molecule has 1 unspecified atom stereocenters. The van der Waals surface area contributed by atoms with E-state index in [1.165, 1.54) is 22.2 Å². The first kappa shape index (κ1) is 7.96. The Labute approximate surface area is 77.0 Å². The van der Waals surface area contributed by atoms with E-state index < -0.39 is 0 Å². The van der Waals surface area contributed by atoms with Gasteiger partial charge in [-0.2, -0.15) is 0 Å². The minimum Gasteiger partial charge on any atom is -0.375 e. The van der Waals surface area contributed by atoms with Crippen molar-refractivity contribution in [2.24, 2.45) is 0 Å². The number of anilines is 1. The van der Waals surface area contributed by atoms with Crippen molar-refractivity contribution in [3.05, 3.63) is 17.7 Å². The summed E-state index contributed by atoms with van der Waals surface area (Å²) in [6.45, 7) is 2.08. The van der Waals surface area contributed by atoms with E-state index in [0.29, 0.717) is 5.13 Å². The molecular weight excluding hydrogens is 187 g/mol. The number of nitrogen functional groups attached to an aromatic ring is 1. The summed E-state index contributed by atoms with van der Waals surface area (Å²) in [4.78, 5) is 4.20. The van der Waals surface area contributed by atoms with Crippen LogP contribution in [0.1, 0.15) is 5.56 Å². The zero-order valence-corrected chi connectivity index (χ0v) is 8.64. The third-order valence-corrected chi connectivity index (χ3v) is 3.26. The molecule has 1 heterocycles. The van der Waals surface area contributed by atoms with E-state index in [1.54, 1.807) is 0 Å². The van der Waals surface area contributed by atoms with Crippen LogP contribution in [0.5, 0.6) is 0 Å². The van der Waals surface area contributed by atoms with Gasteiger partial charge < -0.3 is 5.73 Å². The summed E-state index contributed by atoms with van der Waals surface area (Å²) >= 11 is 1.53. The maximum Gasteiger partial charge on any atom is 0.181 e. The lowest BCUT2D eigenvalue weighted by Crippen LogP contribution is -1.94. The number of rotatable bonds is 0. The molecule has 0 saturated carbocycles. The van der Waals surface area contributed by atoms with E-state index in [2.05, 4.69) is 27.2 Å². The standard InChI is InChI=1S/C8H9N2PS/c1-4-2-7-5(3-6(4)11)10-8(9)12-7/h2-3H,11H2,1H3,(H2,9,10). The second-order valence-electron chi connectivity index (χ2n) is 2.73. The molecule has 12 heavy (non-hydrogen) atoms. The molecule has 62 valence electrons. The molecule has 0 saturated heterocycles. The Morgan fingerprint density at radius 3 is 3.00 bits per heavy atom. The van der Waals surface area contributed by atoms with Gasteiger partial charge in [-0.05, 0) is 29.9 Å². The number of aromatic nitrogens is 1. The Hall–Kier alpha value is -0.660. The van der Waals surface area contributed by atoms with E-state index in [-0.39, 0.29) is 0 Å². The van der Waals surface area contributed by atoms with Gasteiger partial charge in [0.1, 0.15) is 0 Å². The van der Waals surface area contributed by atoms with Gasteiger partial charge in [-0.25, -0.2) is 4.98 Å². The molecule has 1 aromatic heterocycles. The lowest BCUT2D eigenvalue weighted by molar-refractivity contribution is 1.48. The van der Waals surface area contributed by atoms with Crippen molar-refractivity contribution in [2.45, 2.75) is 6.92 Å². The molecule has 2 nitrogen and oxygen atoms in total. The van der Waals surface area contributed by atoms with Gasteiger partial charge in [-0.1, -0.05) is 11.3 Å². The van der Waals surface area contributed by atoms with Crippen LogP contribution in [0.3, 0.4) is 0 Å². The Morgan fingerprint density at radius 1 is 1.50 bits per heavy atom. The van der Waals surface area contributed by atoms with Gasteiger partial charge in [-0.3, -0.25) is 0 Å². The first-order valence-corrected chi connectivity index (χ1v) is 4.98. The molecule has 0 aliphatic carbocycles. The second-order valence-corrected chi connectivity index (χ2v) is 4.41. The summed E-state index contributed by atoms with van der Waals surface area (Å²) < 4.78 is 1.16. The zero-order valence-electron chi connectivity index (χ0n) is 6.66. The fourth-order valence-electron chi connectivity index (χ4n) is 1.11. The minimum atomic E-state index is 0.639. The van der Waals surface area contributed by atoms with Crippen molar-refractivity contribution in [3.63, 3.8) is 0 Å². The predicted octanol–water partition coefficient (Wildman–Crippen LogP) is 1.69. The van der Waals surface area contributed by atoms with Crippen LogP contribution in [0.15, 0.2) is 12.1 Å². The molecule has 1 atom stereocenters. The van der Waals surface area contributed by atoms with E-state index in [1.807, 2.05) is 6.07 Å². The van der Waals surface area contributed by atoms with Crippen molar-refractivity contribution < 1.29 is 0 Å². The van der Waals surface area contributed by atoms with Gasteiger partial charge in [-0.15, -0.1) is 9.24 Å². The predicted molar refractivity (Wildman–Crippen MR) is 58.1 cm³/mol. The maximum atomic E-state index is 5.59. The van der Waals surface area contributed by atoms with E-state index in [9.17, 15) is 0 Å². The van der Waals surface area contributed by atoms with Crippen molar-refractivity contribution in [1.29, 1.82) is 0 Å². The van der Waals surface area contributed by atoms with Crippen molar-refractivity contribution >= 4 is 41.2 Å². The van der Waals surface area contributed by atoms with Crippen molar-refractivity contribution in [3.8, 4) is 0 Å². The third-order valence-electron chi connectivity index (χ3n) is 1.79. The Kier molecular flexibility index (Phi) is 1.78. The van der Waals surface area contributed by atoms with E-state index in [4.69, 9.17) is 5.73 Å². The quantitative estimate of drug-likeness (QED) is 0.651. The molecule has 0 radical (unpaired) electrons. The van der Waals surface area contributed by atoms with Crippen molar-refractivity contribution in [2.75, 3.05) is 5.73 Å². The molecule has 4 heteroatoms. The summed E-state index contributed by atoms with van der Waals surface area (Å²) in [5, 5.41) is 1.83. The molecule has 0 amide bonds. The molecule has 2 rings (SSSR count). The van der Waals surface area contributed by atoms with Gasteiger partial charge in [0.25, 0.3) is 0 Å². The highest BCUT2D eigenvalue weighted by Crippen LogP contribution is 2.24. The number of aryl methyl sites for hydroxylation is 1. The number of benzene rings is 1. The molecule has 1 aromatic carbocycles. The molecule has 0 aliphatic rings. The number of nitrogens with two attached hydrogens (primary N) is 1. The molecule has 0 fully saturated rings. The van der Waals surface area contributed by atoms with Gasteiger partial charge in [0.2, 0.25) is 0 Å². The van der Waals surface area contributed by atoms with Crippen LogP contribution >= 0.6 is 20.6 Å². The maximum absolute atomic E-state index is 5.59. The third kappa shape index (κ3) is 1.19. The normalized spacial score (nSPS) is 10.8. The highest BCUT2D eigenvalue weighted by molar-refractivity contribution is 7.27. The van der Waals surface area contributed by atoms with Gasteiger partial charge >= 0.3 is 0 Å². The number of fused-ring (bicyclic) bond motifs is 1. The molecule has 2 aromatic rings. The first-order chi connectivity index (χ1) is 5.66. The first-order valence-electron chi connectivity index (χ1n) is 3.59. The fraction of sp³-hybridized carbons (Fsp3) is 0.125. The van der Waals surface area contributed by atoms with Gasteiger partial charge in [0.15, 0.2) is 5.13 Å². The highest BCUT2D eigenvalue weighted by Gasteiger charge is 2.02. The van der Waals surface area contributed by atoms with E-state index >= 15 is 0 Å². The Morgan fingerprint density at radius 2 is 2.25 bits per heavy atom. The molecular formula is C8H9N2PS. The average molecular weight is 196 g/mol. The van der Waals surface area contributed by atoms with Crippen LogP contribution in [0.2, 0.25) is 0 Å². The molecule has 0 aliphatic heterocycles. The summed E-state index contributed by atoms with van der Waals surface area (Å²) in [5.74, 6) is 0. The lowest BCUT2D eigenvalue weighted by atomic mass is 10.2.